The van der Waals surface area contributed by atoms with Crippen molar-refractivity contribution < 1.29 is 18.7 Å². The summed E-state index contributed by atoms with van der Waals surface area (Å²) in [6.45, 7) is 6.28. The Morgan fingerprint density at radius 2 is 2.07 bits per heavy atom. The molecule has 1 aromatic heterocycles. The van der Waals surface area contributed by atoms with E-state index in [9.17, 15) is 14.0 Å². The molecule has 150 valence electrons. The van der Waals surface area contributed by atoms with Crippen LogP contribution >= 0.6 is 11.3 Å². The Kier molecular flexibility index (Phi) is 6.80. The monoisotopic (exact) mass is 404 g/mol. The zero-order chi connectivity index (χ0) is 20.1. The maximum absolute atomic E-state index is 13.3. The van der Waals surface area contributed by atoms with E-state index in [0.717, 1.165) is 19.5 Å². The normalized spacial score (nSPS) is 17.3. The Morgan fingerprint density at radius 1 is 1.32 bits per heavy atom. The fourth-order valence-electron chi connectivity index (χ4n) is 3.50. The molecule has 2 heterocycles. The number of esters is 1. The first-order chi connectivity index (χ1) is 13.5. The maximum atomic E-state index is 13.3. The second-order valence-corrected chi connectivity index (χ2v) is 7.99. The van der Waals surface area contributed by atoms with Gasteiger partial charge in [-0.25, -0.2) is 9.18 Å². The van der Waals surface area contributed by atoms with Crippen LogP contribution in [0, 0.1) is 11.7 Å². The van der Waals surface area contributed by atoms with Crippen LogP contribution in [0.1, 0.15) is 37.0 Å². The third-order valence-electron chi connectivity index (χ3n) is 4.79. The highest BCUT2D eigenvalue weighted by molar-refractivity contribution is 7.15. The molecule has 1 N–H and O–H groups in total. The minimum absolute atomic E-state index is 0.146. The van der Waals surface area contributed by atoms with Crippen LogP contribution in [0.5, 0.6) is 0 Å². The molecule has 0 unspecified atom stereocenters. The smallest absolute Gasteiger partial charge is 0.341 e. The molecule has 1 atom stereocenters. The van der Waals surface area contributed by atoms with Crippen LogP contribution in [0.15, 0.2) is 29.6 Å². The highest BCUT2D eigenvalue weighted by atomic mass is 32.1. The van der Waals surface area contributed by atoms with Crippen LogP contribution in [0.2, 0.25) is 0 Å². The summed E-state index contributed by atoms with van der Waals surface area (Å²) in [6, 6.07) is 5.91. The molecule has 0 radical (unpaired) electrons. The van der Waals surface area contributed by atoms with Crippen molar-refractivity contribution in [3.63, 3.8) is 0 Å². The van der Waals surface area contributed by atoms with Crippen molar-refractivity contribution in [3.8, 4) is 11.1 Å². The van der Waals surface area contributed by atoms with Gasteiger partial charge in [0.05, 0.1) is 13.2 Å². The van der Waals surface area contributed by atoms with Gasteiger partial charge in [-0.15, -0.1) is 11.3 Å². The Hall–Kier alpha value is -2.25. The molecular weight excluding hydrogens is 379 g/mol. The average molecular weight is 405 g/mol. The molecule has 1 aliphatic heterocycles. The van der Waals surface area contributed by atoms with E-state index in [1.54, 1.807) is 24.4 Å². The molecule has 0 spiro atoms. The van der Waals surface area contributed by atoms with Gasteiger partial charge in [-0.05, 0) is 49.9 Å². The zero-order valence-electron chi connectivity index (χ0n) is 16.2. The highest BCUT2D eigenvalue weighted by Gasteiger charge is 2.24. The van der Waals surface area contributed by atoms with Crippen LogP contribution in [0.3, 0.4) is 0 Å². The summed E-state index contributed by atoms with van der Waals surface area (Å²) in [5.41, 5.74) is 1.65. The van der Waals surface area contributed by atoms with Gasteiger partial charge in [0, 0.05) is 17.5 Å². The topological polar surface area (TPSA) is 58.6 Å². The molecule has 1 aliphatic rings. The molecule has 28 heavy (non-hydrogen) atoms. The number of hydrogen-bond acceptors (Lipinski definition) is 5. The number of thiophene rings is 1. The summed E-state index contributed by atoms with van der Waals surface area (Å²) in [5, 5.41) is 5.13. The molecule has 5 nitrogen and oxygen atoms in total. The van der Waals surface area contributed by atoms with Crippen molar-refractivity contribution in [2.24, 2.45) is 5.92 Å². The van der Waals surface area contributed by atoms with E-state index in [4.69, 9.17) is 4.74 Å². The number of nitrogens with zero attached hydrogens (tertiary/aromatic N) is 1. The molecule has 3 rings (SSSR count). The molecule has 7 heteroatoms. The summed E-state index contributed by atoms with van der Waals surface area (Å²) in [6.07, 6.45) is 2.29. The predicted molar refractivity (Wildman–Crippen MR) is 109 cm³/mol. The van der Waals surface area contributed by atoms with Gasteiger partial charge in [-0.2, -0.15) is 0 Å². The minimum Gasteiger partial charge on any atom is -0.462 e. The van der Waals surface area contributed by atoms with Crippen molar-refractivity contribution in [3.05, 3.63) is 41.0 Å². The van der Waals surface area contributed by atoms with Gasteiger partial charge in [0.1, 0.15) is 16.4 Å². The lowest BCUT2D eigenvalue weighted by Gasteiger charge is -2.30. The van der Waals surface area contributed by atoms with Gasteiger partial charge < -0.3 is 10.1 Å². The van der Waals surface area contributed by atoms with E-state index in [2.05, 4.69) is 17.1 Å². The van der Waals surface area contributed by atoms with Crippen LogP contribution in [-0.2, 0) is 9.53 Å². The molecule has 1 saturated heterocycles. The zero-order valence-corrected chi connectivity index (χ0v) is 17.0. The molecule has 1 amide bonds. The quantitative estimate of drug-likeness (QED) is 0.725. The lowest BCUT2D eigenvalue weighted by molar-refractivity contribution is -0.117. The number of benzene rings is 1. The first kappa shape index (κ1) is 20.5. The molecule has 1 fully saturated rings. The SMILES string of the molecule is CCOC(=O)c1c(-c2ccc(F)cc2)csc1NC(=O)CN1CCC[C@H](C)C1. The van der Waals surface area contributed by atoms with Crippen molar-refractivity contribution in [2.75, 3.05) is 31.6 Å². The summed E-state index contributed by atoms with van der Waals surface area (Å²) in [7, 11) is 0. The van der Waals surface area contributed by atoms with Gasteiger partial charge in [-0.3, -0.25) is 9.69 Å². The highest BCUT2D eigenvalue weighted by Crippen LogP contribution is 2.36. The van der Waals surface area contributed by atoms with Gasteiger partial charge in [0.25, 0.3) is 0 Å². The van der Waals surface area contributed by atoms with E-state index < -0.39 is 5.97 Å². The molecule has 0 aliphatic carbocycles. The Morgan fingerprint density at radius 3 is 2.75 bits per heavy atom. The fourth-order valence-corrected chi connectivity index (χ4v) is 4.47. The number of hydrogen-bond donors (Lipinski definition) is 1. The number of carbonyl (C=O) groups excluding carboxylic acids is 2. The Labute approximate surface area is 168 Å². The summed E-state index contributed by atoms with van der Waals surface area (Å²) in [4.78, 5) is 27.3. The lowest BCUT2D eigenvalue weighted by atomic mass is 10.0. The average Bonchev–Trinajstić information content (AvgIpc) is 3.06. The van der Waals surface area contributed by atoms with Crippen LogP contribution in [0.4, 0.5) is 9.39 Å². The number of likely N-dealkylation sites (tertiary alicyclic amines) is 1. The van der Waals surface area contributed by atoms with Crippen LogP contribution in [-0.4, -0.2) is 43.0 Å². The predicted octanol–water partition coefficient (Wildman–Crippen LogP) is 4.40. The van der Waals surface area contributed by atoms with Crippen molar-refractivity contribution >= 4 is 28.2 Å². The molecule has 0 bridgehead atoms. The number of ether oxygens (including phenoxy) is 1. The van der Waals surface area contributed by atoms with E-state index in [-0.39, 0.29) is 18.3 Å². The first-order valence-corrected chi connectivity index (χ1v) is 10.4. The molecule has 0 saturated carbocycles. The van der Waals surface area contributed by atoms with Crippen molar-refractivity contribution in [1.82, 2.24) is 4.90 Å². The van der Waals surface area contributed by atoms with Crippen LogP contribution in [0.25, 0.3) is 11.1 Å². The van der Waals surface area contributed by atoms with Gasteiger partial charge in [-0.1, -0.05) is 19.1 Å². The van der Waals surface area contributed by atoms with Gasteiger partial charge >= 0.3 is 5.97 Å². The van der Waals surface area contributed by atoms with E-state index >= 15 is 0 Å². The number of carbonyl (C=O) groups is 2. The maximum Gasteiger partial charge on any atom is 0.341 e. The first-order valence-electron chi connectivity index (χ1n) is 9.54. The van der Waals surface area contributed by atoms with E-state index in [1.807, 2.05) is 0 Å². The third kappa shape index (κ3) is 4.97. The van der Waals surface area contributed by atoms with Crippen molar-refractivity contribution in [1.29, 1.82) is 0 Å². The van der Waals surface area contributed by atoms with Gasteiger partial charge in [0.2, 0.25) is 5.91 Å². The Bertz CT molecular complexity index is 835. The van der Waals surface area contributed by atoms with E-state index in [0.29, 0.717) is 34.2 Å². The van der Waals surface area contributed by atoms with Gasteiger partial charge in [0.15, 0.2) is 0 Å². The van der Waals surface area contributed by atoms with E-state index in [1.165, 1.54) is 29.9 Å². The summed E-state index contributed by atoms with van der Waals surface area (Å²) >= 11 is 1.28. The fraction of sp³-hybridized carbons (Fsp3) is 0.429. The standard InChI is InChI=1S/C21H25FN2O3S/c1-3-27-21(26)19-17(15-6-8-16(22)9-7-15)13-28-20(19)23-18(25)12-24-10-4-5-14(2)11-24/h6-9,13-14H,3-5,10-12H2,1-2H3,(H,23,25)/t14-/m0/s1. The second-order valence-electron chi connectivity index (χ2n) is 7.11. The number of nitrogens with one attached hydrogen (secondary N) is 1. The number of anilines is 1. The number of halogens is 1. The number of piperidine rings is 1. The molecule has 2 aromatic rings. The minimum atomic E-state index is -0.495. The molecule has 1 aromatic carbocycles. The van der Waals surface area contributed by atoms with Crippen LogP contribution < -0.4 is 5.32 Å². The number of amides is 1. The number of rotatable bonds is 6. The molecular formula is C21H25FN2O3S. The lowest BCUT2D eigenvalue weighted by Crippen LogP contribution is -2.39. The summed E-state index contributed by atoms with van der Waals surface area (Å²) in [5.74, 6) is -0.401. The third-order valence-corrected chi connectivity index (χ3v) is 5.68. The van der Waals surface area contributed by atoms with Crippen molar-refractivity contribution in [2.45, 2.75) is 26.7 Å². The Balaban J connectivity index is 1.80. The summed E-state index contributed by atoms with van der Waals surface area (Å²) < 4.78 is 18.4. The largest absolute Gasteiger partial charge is 0.462 e. The second kappa shape index (κ2) is 9.30.